The van der Waals surface area contributed by atoms with Gasteiger partial charge in [-0.15, -0.1) is 11.8 Å². The summed E-state index contributed by atoms with van der Waals surface area (Å²) >= 11 is 1.73. The Kier molecular flexibility index (Phi) is 6.18. The molecule has 2 heterocycles. The number of rotatable bonds is 8. The maximum atomic E-state index is 13.2. The second-order valence-electron chi connectivity index (χ2n) is 7.20. The van der Waals surface area contributed by atoms with Gasteiger partial charge in [0.1, 0.15) is 5.82 Å². The predicted octanol–water partition coefficient (Wildman–Crippen LogP) is 4.14. The summed E-state index contributed by atoms with van der Waals surface area (Å²) in [5.74, 6) is -0.150. The Labute approximate surface area is 174 Å². The molecule has 2 atom stereocenters. The molecule has 0 bridgehead atoms. The van der Waals surface area contributed by atoms with Crippen LogP contribution >= 0.6 is 11.8 Å². The molecular formula is C22H24FN3O2S. The van der Waals surface area contributed by atoms with Gasteiger partial charge in [0.05, 0.1) is 25.6 Å². The van der Waals surface area contributed by atoms with Crippen LogP contribution in [0.1, 0.15) is 12.0 Å². The van der Waals surface area contributed by atoms with Gasteiger partial charge >= 0.3 is 0 Å². The Morgan fingerprint density at radius 3 is 2.69 bits per heavy atom. The van der Waals surface area contributed by atoms with Gasteiger partial charge in [-0.3, -0.25) is 0 Å². The first kappa shape index (κ1) is 19.9. The van der Waals surface area contributed by atoms with Crippen LogP contribution in [-0.4, -0.2) is 33.8 Å². The molecule has 7 heteroatoms. The van der Waals surface area contributed by atoms with E-state index in [1.54, 1.807) is 24.3 Å². The third-order valence-electron chi connectivity index (χ3n) is 4.92. The quantitative estimate of drug-likeness (QED) is 0.444. The molecule has 4 rings (SSSR count). The number of halogens is 1. The minimum Gasteiger partial charge on any atom is -0.399 e. The number of imidazole rings is 1. The average molecular weight is 414 g/mol. The van der Waals surface area contributed by atoms with E-state index in [4.69, 9.17) is 15.2 Å². The van der Waals surface area contributed by atoms with E-state index in [1.165, 1.54) is 12.1 Å². The number of benzene rings is 2. The van der Waals surface area contributed by atoms with Gasteiger partial charge in [-0.25, -0.2) is 9.37 Å². The maximum Gasteiger partial charge on any atom is 0.187 e. The zero-order valence-corrected chi connectivity index (χ0v) is 16.9. The van der Waals surface area contributed by atoms with E-state index in [-0.39, 0.29) is 11.9 Å². The van der Waals surface area contributed by atoms with Crippen molar-refractivity contribution in [1.29, 1.82) is 0 Å². The van der Waals surface area contributed by atoms with Crippen LogP contribution in [-0.2, 0) is 22.4 Å². The fraction of sp³-hybridized carbons (Fsp3) is 0.318. The van der Waals surface area contributed by atoms with Gasteiger partial charge in [-0.1, -0.05) is 12.1 Å². The smallest absolute Gasteiger partial charge is 0.187 e. The van der Waals surface area contributed by atoms with Crippen LogP contribution in [0.3, 0.4) is 0 Å². The Morgan fingerprint density at radius 1 is 1.17 bits per heavy atom. The molecule has 1 aromatic heterocycles. The van der Waals surface area contributed by atoms with Crippen LogP contribution in [0.25, 0.3) is 0 Å². The molecule has 1 saturated heterocycles. The molecule has 2 unspecified atom stereocenters. The molecule has 5 nitrogen and oxygen atoms in total. The van der Waals surface area contributed by atoms with Gasteiger partial charge in [0.25, 0.3) is 0 Å². The molecule has 1 aliphatic heterocycles. The second-order valence-corrected chi connectivity index (χ2v) is 8.30. The van der Waals surface area contributed by atoms with Crippen molar-refractivity contribution >= 4 is 17.4 Å². The highest BCUT2D eigenvalue weighted by molar-refractivity contribution is 7.99. The minimum atomic E-state index is -0.721. The first-order valence-electron chi connectivity index (χ1n) is 9.61. The number of nitrogen functional groups attached to an aromatic ring is 1. The Hall–Kier alpha value is -2.35. The summed E-state index contributed by atoms with van der Waals surface area (Å²) in [5, 5.41) is 0. The molecule has 2 N–H and O–H groups in total. The lowest BCUT2D eigenvalue weighted by molar-refractivity contribution is -0.180. The second kappa shape index (κ2) is 8.98. The van der Waals surface area contributed by atoms with E-state index in [0.717, 1.165) is 28.3 Å². The molecule has 3 aromatic rings. The van der Waals surface area contributed by atoms with Crippen molar-refractivity contribution in [2.75, 3.05) is 18.1 Å². The average Bonchev–Trinajstić information content (AvgIpc) is 3.38. The van der Waals surface area contributed by atoms with Crippen molar-refractivity contribution in [3.63, 3.8) is 0 Å². The van der Waals surface area contributed by atoms with E-state index >= 15 is 0 Å². The number of thioether (sulfide) groups is 1. The van der Waals surface area contributed by atoms with Gasteiger partial charge in [-0.2, -0.15) is 0 Å². The van der Waals surface area contributed by atoms with Crippen molar-refractivity contribution in [2.45, 2.75) is 36.2 Å². The summed E-state index contributed by atoms with van der Waals surface area (Å²) in [4.78, 5) is 5.28. The van der Waals surface area contributed by atoms with Crippen LogP contribution in [0.4, 0.5) is 10.1 Å². The van der Waals surface area contributed by atoms with Crippen molar-refractivity contribution < 1.29 is 13.9 Å². The number of hydrogen-bond acceptors (Lipinski definition) is 5. The normalized spacial score (nSPS) is 21.5. The molecule has 1 aliphatic rings. The minimum absolute atomic E-state index is 0.00528. The Balaban J connectivity index is 1.40. The maximum absolute atomic E-state index is 13.2. The molecule has 0 saturated carbocycles. The van der Waals surface area contributed by atoms with Gasteiger partial charge in [0.15, 0.2) is 5.79 Å². The molecular weight excluding hydrogens is 389 g/mol. The topological polar surface area (TPSA) is 62.3 Å². The van der Waals surface area contributed by atoms with Crippen LogP contribution in [0.15, 0.2) is 72.1 Å². The first-order valence-corrected chi connectivity index (χ1v) is 10.6. The SMILES string of the molecule is Nc1ccc(SCC2COC(CCc3ccc(F)cc3)(Cn3ccnc3)O2)cc1. The lowest BCUT2D eigenvalue weighted by atomic mass is 10.0. The molecule has 2 aromatic carbocycles. The van der Waals surface area contributed by atoms with Crippen LogP contribution in [0.5, 0.6) is 0 Å². The van der Waals surface area contributed by atoms with Crippen molar-refractivity contribution in [2.24, 2.45) is 0 Å². The first-order chi connectivity index (χ1) is 14.1. The zero-order valence-electron chi connectivity index (χ0n) is 16.0. The molecule has 152 valence electrons. The number of aromatic nitrogens is 2. The molecule has 0 amide bonds. The summed E-state index contributed by atoms with van der Waals surface area (Å²) in [6, 6.07) is 14.4. The van der Waals surface area contributed by atoms with Gasteiger partial charge in [0.2, 0.25) is 0 Å². The van der Waals surface area contributed by atoms with Crippen LogP contribution in [0.2, 0.25) is 0 Å². The summed E-state index contributed by atoms with van der Waals surface area (Å²) in [6.07, 6.45) is 6.84. The van der Waals surface area contributed by atoms with E-state index in [0.29, 0.717) is 19.6 Å². The van der Waals surface area contributed by atoms with E-state index in [2.05, 4.69) is 4.98 Å². The van der Waals surface area contributed by atoms with Crippen molar-refractivity contribution in [3.05, 3.63) is 78.6 Å². The lowest BCUT2D eigenvalue weighted by Crippen LogP contribution is -2.37. The molecule has 1 fully saturated rings. The third-order valence-corrected chi connectivity index (χ3v) is 6.06. The monoisotopic (exact) mass is 413 g/mol. The van der Waals surface area contributed by atoms with E-state index in [1.807, 2.05) is 47.2 Å². The molecule has 29 heavy (non-hydrogen) atoms. The largest absolute Gasteiger partial charge is 0.399 e. The third kappa shape index (κ3) is 5.38. The number of hydrogen-bond donors (Lipinski definition) is 1. The van der Waals surface area contributed by atoms with Crippen molar-refractivity contribution in [3.8, 4) is 0 Å². The van der Waals surface area contributed by atoms with E-state index < -0.39 is 5.79 Å². The fourth-order valence-electron chi connectivity index (χ4n) is 3.39. The highest BCUT2D eigenvalue weighted by atomic mass is 32.2. The number of anilines is 1. The lowest BCUT2D eigenvalue weighted by Gasteiger charge is -2.28. The van der Waals surface area contributed by atoms with Crippen LogP contribution < -0.4 is 5.73 Å². The van der Waals surface area contributed by atoms with Gasteiger partial charge in [-0.05, 0) is 48.4 Å². The predicted molar refractivity (Wildman–Crippen MR) is 112 cm³/mol. The molecule has 0 aliphatic carbocycles. The van der Waals surface area contributed by atoms with Gasteiger partial charge < -0.3 is 19.8 Å². The molecule has 0 radical (unpaired) electrons. The number of nitrogens with two attached hydrogens (primary N) is 1. The summed E-state index contributed by atoms with van der Waals surface area (Å²) in [5.41, 5.74) is 7.57. The summed E-state index contributed by atoms with van der Waals surface area (Å²) in [7, 11) is 0. The van der Waals surface area contributed by atoms with Gasteiger partial charge in [0, 0.05) is 35.2 Å². The number of aryl methyl sites for hydroxylation is 1. The van der Waals surface area contributed by atoms with Crippen molar-refractivity contribution in [1.82, 2.24) is 9.55 Å². The highest BCUT2D eigenvalue weighted by Gasteiger charge is 2.41. The zero-order chi connectivity index (χ0) is 20.1. The number of ether oxygens (including phenoxy) is 2. The van der Waals surface area contributed by atoms with E-state index in [9.17, 15) is 4.39 Å². The Bertz CT molecular complexity index is 903. The fourth-order valence-corrected chi connectivity index (χ4v) is 4.26. The summed E-state index contributed by atoms with van der Waals surface area (Å²) < 4.78 is 27.8. The summed E-state index contributed by atoms with van der Waals surface area (Å²) in [6.45, 7) is 1.11. The standard InChI is InChI=1S/C22H24FN3O2S/c23-18-3-1-17(2-4-18)9-10-22(15-26-12-11-25-16-26)27-13-20(28-22)14-29-21-7-5-19(24)6-8-21/h1-8,11-12,16,20H,9-10,13-15,24H2. The number of nitrogens with zero attached hydrogens (tertiary/aromatic N) is 2. The highest BCUT2D eigenvalue weighted by Crippen LogP contribution is 2.33. The molecule has 0 spiro atoms. The Morgan fingerprint density at radius 2 is 1.97 bits per heavy atom. The van der Waals surface area contributed by atoms with Crippen LogP contribution in [0, 0.1) is 5.82 Å².